The van der Waals surface area contributed by atoms with Gasteiger partial charge in [-0.25, -0.2) is 13.6 Å². The van der Waals surface area contributed by atoms with Crippen LogP contribution in [0.3, 0.4) is 0 Å². The van der Waals surface area contributed by atoms with Crippen molar-refractivity contribution in [3.63, 3.8) is 0 Å². The second-order valence-corrected chi connectivity index (χ2v) is 8.14. The molecule has 0 bridgehead atoms. The van der Waals surface area contributed by atoms with Crippen LogP contribution in [0, 0.1) is 0 Å². The predicted molar refractivity (Wildman–Crippen MR) is 79.1 cm³/mol. The molecule has 1 aromatic rings. The highest BCUT2D eigenvalue weighted by Crippen LogP contribution is 2.64. The van der Waals surface area contributed by atoms with E-state index in [1.165, 1.54) is 0 Å². The molecule has 0 saturated carbocycles. The molecule has 36 heavy (non-hydrogen) atoms. The highest BCUT2D eigenvalue weighted by atomic mass is 32.2. The lowest BCUT2D eigenvalue weighted by molar-refractivity contribution is -0.471. The Hall–Kier alpha value is -2.26. The second-order valence-electron chi connectivity index (χ2n) is 6.58. The monoisotopic (exact) mass is 591 g/mol. The smallest absolute Gasteiger partial charge is 0.428 e. The van der Waals surface area contributed by atoms with Gasteiger partial charge in [0.1, 0.15) is 5.75 Å². The first-order valence-electron chi connectivity index (χ1n) is 7.97. The summed E-state index contributed by atoms with van der Waals surface area (Å²) in [6.45, 7) is 0. The number of ether oxygens (including phenoxy) is 1. The van der Waals surface area contributed by atoms with Crippen LogP contribution in [0.15, 0.2) is 29.2 Å². The molecule has 0 spiro atoms. The molecule has 1 rings (SSSR count). The number of rotatable bonds is 9. The summed E-state index contributed by atoms with van der Waals surface area (Å²) in [5, 5.41) is 4.57. The van der Waals surface area contributed by atoms with Gasteiger partial charge in [0, 0.05) is 0 Å². The molecular formula is C14H6F17NO3S. The van der Waals surface area contributed by atoms with E-state index in [9.17, 15) is 83.1 Å². The first-order valence-corrected chi connectivity index (χ1v) is 9.51. The lowest BCUT2D eigenvalue weighted by Gasteiger charge is -2.42. The molecule has 0 heterocycles. The van der Waals surface area contributed by atoms with E-state index < -0.39 is 68.5 Å². The molecule has 0 radical (unpaired) electrons. The van der Waals surface area contributed by atoms with E-state index in [0.717, 1.165) is 0 Å². The predicted octanol–water partition coefficient (Wildman–Crippen LogP) is 5.68. The first-order chi connectivity index (χ1) is 15.4. The van der Waals surface area contributed by atoms with Crippen LogP contribution >= 0.6 is 0 Å². The molecule has 0 aliphatic heterocycles. The van der Waals surface area contributed by atoms with Gasteiger partial charge in [-0.05, 0) is 24.3 Å². The summed E-state index contributed by atoms with van der Waals surface area (Å²) in [6.07, 6.45) is -15.0. The molecule has 22 heteroatoms. The fourth-order valence-corrected chi connectivity index (χ4v) is 2.57. The molecule has 0 fully saturated rings. The lowest BCUT2D eigenvalue weighted by Crippen LogP contribution is -2.74. The Kier molecular flexibility index (Phi) is 7.39. The quantitative estimate of drug-likeness (QED) is 0.376. The summed E-state index contributed by atoms with van der Waals surface area (Å²) in [7, 11) is -4.59. The Balaban J connectivity index is 3.56. The Bertz CT molecular complexity index is 1060. The number of alkyl halides is 17. The normalized spacial score (nSPS) is 15.7. The number of halogens is 17. The number of hydrogen-bond acceptors (Lipinski definition) is 3. The van der Waals surface area contributed by atoms with Gasteiger partial charge in [-0.2, -0.15) is 74.6 Å². The fourth-order valence-electron chi connectivity index (χ4n) is 2.06. The third kappa shape index (κ3) is 4.49. The third-order valence-electron chi connectivity index (χ3n) is 4.09. The van der Waals surface area contributed by atoms with Crippen LogP contribution in [0.5, 0.6) is 5.75 Å². The van der Waals surface area contributed by atoms with Gasteiger partial charge < -0.3 is 4.74 Å². The zero-order valence-electron chi connectivity index (χ0n) is 15.9. The van der Waals surface area contributed by atoms with E-state index in [4.69, 9.17) is 0 Å². The zero-order valence-corrected chi connectivity index (χ0v) is 16.8. The van der Waals surface area contributed by atoms with E-state index in [1.807, 2.05) is 0 Å². The van der Waals surface area contributed by atoms with Crippen molar-refractivity contribution < 1.29 is 87.8 Å². The maximum Gasteiger partial charge on any atom is 0.471 e. The lowest BCUT2D eigenvalue weighted by atomic mass is 9.90. The van der Waals surface area contributed by atoms with Crippen LogP contribution in [-0.2, 0) is 10.0 Å². The Labute approximate surface area is 186 Å². The minimum atomic E-state index is -8.75. The average Bonchev–Trinajstić information content (AvgIpc) is 2.65. The number of benzene rings is 1. The Morgan fingerprint density at radius 2 is 0.833 bits per heavy atom. The molecule has 4 nitrogen and oxygen atoms in total. The van der Waals surface area contributed by atoms with Crippen LogP contribution in [-0.4, -0.2) is 56.2 Å². The van der Waals surface area contributed by atoms with Crippen LogP contribution in [0.4, 0.5) is 74.6 Å². The van der Waals surface area contributed by atoms with E-state index >= 15 is 0 Å². The van der Waals surface area contributed by atoms with Crippen molar-refractivity contribution in [1.82, 2.24) is 0 Å². The molecule has 210 valence electrons. The molecule has 0 aliphatic carbocycles. The topological polar surface area (TPSA) is 69.4 Å². The van der Waals surface area contributed by atoms with Gasteiger partial charge in [0.15, 0.2) is 0 Å². The van der Waals surface area contributed by atoms with Gasteiger partial charge in [0.2, 0.25) is 10.0 Å². The SMILES string of the molecule is NS(=O)(=O)c1ccc(OC(F)(F)C(F)(F)C(F)(F)C(F)(F)C(F)(F)C(F)(F)C(F)(F)C(F)(F)F)cc1. The van der Waals surface area contributed by atoms with E-state index in [0.29, 0.717) is 0 Å². The summed E-state index contributed by atoms with van der Waals surface area (Å²) in [4.78, 5) is -0.964. The van der Waals surface area contributed by atoms with Crippen molar-refractivity contribution in [3.05, 3.63) is 24.3 Å². The summed E-state index contributed by atoms with van der Waals surface area (Å²) >= 11 is 0. The van der Waals surface area contributed by atoms with Crippen molar-refractivity contribution in [2.75, 3.05) is 0 Å². The number of hydrogen-bond donors (Lipinski definition) is 1. The Morgan fingerprint density at radius 1 is 0.528 bits per heavy atom. The standard InChI is InChI=1S/C14H6F17NO3S/c15-7(16,9(19,20)11(23,24)13(27,28)29)8(17,18)10(21,22)12(25,26)14(30,31)35-5-1-3-6(4-2-5)36(32,33)34/h1-4H,(H2,32,33,34). The van der Waals surface area contributed by atoms with Crippen molar-refractivity contribution in [2.24, 2.45) is 5.14 Å². The highest BCUT2D eigenvalue weighted by Gasteiger charge is 2.95. The van der Waals surface area contributed by atoms with Crippen molar-refractivity contribution in [3.8, 4) is 5.75 Å². The van der Waals surface area contributed by atoms with Crippen molar-refractivity contribution in [1.29, 1.82) is 0 Å². The van der Waals surface area contributed by atoms with Crippen LogP contribution in [0.25, 0.3) is 0 Å². The van der Waals surface area contributed by atoms with Crippen LogP contribution in [0.2, 0.25) is 0 Å². The summed E-state index contributed by atoms with van der Waals surface area (Å²) in [5.74, 6) is -52.7. The molecule has 0 atom stereocenters. The number of primary sulfonamides is 1. The van der Waals surface area contributed by atoms with Gasteiger partial charge in [0.05, 0.1) is 4.90 Å². The van der Waals surface area contributed by atoms with Crippen molar-refractivity contribution in [2.45, 2.75) is 52.7 Å². The van der Waals surface area contributed by atoms with Crippen LogP contribution in [0.1, 0.15) is 0 Å². The summed E-state index contributed by atoms with van der Waals surface area (Å²) in [5.41, 5.74) is 0. The molecule has 0 unspecified atom stereocenters. The molecule has 0 aliphatic rings. The maximum absolute atomic E-state index is 13.7. The summed E-state index contributed by atoms with van der Waals surface area (Å²) in [6, 6.07) is 0.262. The van der Waals surface area contributed by atoms with Gasteiger partial charge in [-0.15, -0.1) is 0 Å². The van der Waals surface area contributed by atoms with Gasteiger partial charge in [0.25, 0.3) is 0 Å². The third-order valence-corrected chi connectivity index (χ3v) is 5.02. The number of nitrogens with two attached hydrogens (primary N) is 1. The molecule has 2 N–H and O–H groups in total. The van der Waals surface area contributed by atoms with Gasteiger partial charge in [-0.3, -0.25) is 0 Å². The molecule has 0 aromatic heterocycles. The minimum absolute atomic E-state index is 0.0490. The van der Waals surface area contributed by atoms with Crippen molar-refractivity contribution >= 4 is 10.0 Å². The van der Waals surface area contributed by atoms with Gasteiger partial charge >= 0.3 is 47.8 Å². The molecule has 1 aromatic carbocycles. The van der Waals surface area contributed by atoms with Crippen LogP contribution < -0.4 is 9.88 Å². The molecule has 0 saturated heterocycles. The summed E-state index contributed by atoms with van der Waals surface area (Å²) < 4.78 is 248. The zero-order chi connectivity index (χ0) is 29.2. The number of sulfonamides is 1. The van der Waals surface area contributed by atoms with E-state index in [2.05, 4.69) is 9.88 Å². The molecule has 0 amide bonds. The van der Waals surface area contributed by atoms with Gasteiger partial charge in [-0.1, -0.05) is 0 Å². The molecular weight excluding hydrogens is 585 g/mol. The van der Waals surface area contributed by atoms with E-state index in [-0.39, 0.29) is 24.3 Å². The minimum Gasteiger partial charge on any atom is -0.428 e. The highest BCUT2D eigenvalue weighted by molar-refractivity contribution is 7.89. The maximum atomic E-state index is 13.7. The Morgan fingerprint density at radius 3 is 1.14 bits per heavy atom. The first kappa shape index (κ1) is 31.8. The fraction of sp³-hybridized carbons (Fsp3) is 0.571. The second kappa shape index (κ2) is 8.38. The largest absolute Gasteiger partial charge is 0.471 e. The van der Waals surface area contributed by atoms with E-state index in [1.54, 1.807) is 0 Å². The average molecular weight is 591 g/mol.